The van der Waals surface area contributed by atoms with Crippen molar-refractivity contribution in [1.29, 1.82) is 0 Å². The Bertz CT molecular complexity index is 562. The minimum atomic E-state index is -5.08. The van der Waals surface area contributed by atoms with E-state index in [0.717, 1.165) is 30.8 Å². The number of benzene rings is 1. The highest BCUT2D eigenvalue weighted by molar-refractivity contribution is 6.42. The number of methoxy groups -OCH3 is 1. The molecule has 4 nitrogen and oxygen atoms in total. The third-order valence-corrected chi connectivity index (χ3v) is 4.41. The van der Waals surface area contributed by atoms with Crippen LogP contribution in [0.25, 0.3) is 0 Å². The predicted octanol–water partition coefficient (Wildman–Crippen LogP) is 4.18. The molecule has 136 valence electrons. The number of rotatable bonds is 3. The zero-order valence-electron chi connectivity index (χ0n) is 12.9. The topological polar surface area (TPSA) is 58.6 Å². The van der Waals surface area contributed by atoms with Gasteiger partial charge < -0.3 is 15.2 Å². The second kappa shape index (κ2) is 9.34. The Morgan fingerprint density at radius 2 is 1.88 bits per heavy atom. The molecule has 1 fully saturated rings. The molecule has 1 aliphatic heterocycles. The molecule has 0 radical (unpaired) electrons. The summed E-state index contributed by atoms with van der Waals surface area (Å²) in [6, 6.07) is 3.68. The third-order valence-electron chi connectivity index (χ3n) is 3.57. The second-order valence-corrected chi connectivity index (χ2v) is 6.03. The number of ether oxygens (including phenoxy) is 1. The van der Waals surface area contributed by atoms with Crippen LogP contribution in [0, 0.1) is 5.92 Å². The van der Waals surface area contributed by atoms with Crippen LogP contribution in [0.3, 0.4) is 0 Å². The molecule has 1 heterocycles. The SMILES string of the molecule is COc1ccc(Cl)c(Cl)c1CC1CCNCC1.O=C(O)C(F)(F)F. The van der Waals surface area contributed by atoms with Crippen LogP contribution in [0.2, 0.25) is 10.0 Å². The smallest absolute Gasteiger partial charge is 0.490 e. The molecule has 0 spiro atoms. The van der Waals surface area contributed by atoms with E-state index in [1.54, 1.807) is 13.2 Å². The summed E-state index contributed by atoms with van der Waals surface area (Å²) >= 11 is 12.3. The van der Waals surface area contributed by atoms with Crippen LogP contribution in [0.15, 0.2) is 12.1 Å². The van der Waals surface area contributed by atoms with Crippen molar-refractivity contribution in [2.24, 2.45) is 5.92 Å². The maximum absolute atomic E-state index is 10.6. The van der Waals surface area contributed by atoms with Gasteiger partial charge in [-0.3, -0.25) is 0 Å². The molecule has 0 atom stereocenters. The van der Waals surface area contributed by atoms with Crippen LogP contribution in [-0.4, -0.2) is 37.5 Å². The standard InChI is InChI=1S/C13H17Cl2NO.C2HF3O2/c1-17-12-3-2-11(14)13(15)10(12)8-9-4-6-16-7-5-9;3-2(4,5)1(6)7/h2-3,9,16H,4-8H2,1H3;(H,6,7). The van der Waals surface area contributed by atoms with E-state index >= 15 is 0 Å². The highest BCUT2D eigenvalue weighted by atomic mass is 35.5. The van der Waals surface area contributed by atoms with Gasteiger partial charge in [0.05, 0.1) is 17.2 Å². The number of nitrogens with one attached hydrogen (secondary N) is 1. The predicted molar refractivity (Wildman–Crippen MR) is 86.0 cm³/mol. The van der Waals surface area contributed by atoms with Gasteiger partial charge in [0.25, 0.3) is 0 Å². The monoisotopic (exact) mass is 387 g/mol. The van der Waals surface area contributed by atoms with Gasteiger partial charge in [0.2, 0.25) is 0 Å². The molecule has 2 rings (SSSR count). The molecule has 0 unspecified atom stereocenters. The maximum atomic E-state index is 10.6. The summed E-state index contributed by atoms with van der Waals surface area (Å²) in [5.74, 6) is -1.24. The Morgan fingerprint density at radius 1 is 1.33 bits per heavy atom. The van der Waals surface area contributed by atoms with Crippen molar-refractivity contribution in [1.82, 2.24) is 5.32 Å². The highest BCUT2D eigenvalue weighted by Gasteiger charge is 2.38. The Balaban J connectivity index is 0.000000351. The van der Waals surface area contributed by atoms with Gasteiger partial charge in [-0.1, -0.05) is 23.2 Å². The molecular weight excluding hydrogens is 370 g/mol. The van der Waals surface area contributed by atoms with E-state index in [1.165, 1.54) is 12.8 Å². The van der Waals surface area contributed by atoms with E-state index in [4.69, 9.17) is 37.8 Å². The number of carboxylic acids is 1. The number of piperidine rings is 1. The van der Waals surface area contributed by atoms with E-state index in [0.29, 0.717) is 16.0 Å². The van der Waals surface area contributed by atoms with E-state index < -0.39 is 12.1 Å². The number of alkyl halides is 3. The van der Waals surface area contributed by atoms with Gasteiger partial charge in [0.15, 0.2) is 0 Å². The first kappa shape index (κ1) is 20.9. The van der Waals surface area contributed by atoms with Crippen LogP contribution in [-0.2, 0) is 11.2 Å². The summed E-state index contributed by atoms with van der Waals surface area (Å²) in [6.45, 7) is 2.18. The van der Waals surface area contributed by atoms with Gasteiger partial charge >= 0.3 is 12.1 Å². The number of halogens is 5. The average molecular weight is 388 g/mol. The zero-order valence-corrected chi connectivity index (χ0v) is 14.4. The zero-order chi connectivity index (χ0) is 18.3. The quantitative estimate of drug-likeness (QED) is 0.816. The molecule has 0 saturated carbocycles. The van der Waals surface area contributed by atoms with E-state index in [1.807, 2.05) is 6.07 Å². The van der Waals surface area contributed by atoms with E-state index in [-0.39, 0.29) is 0 Å². The minimum Gasteiger partial charge on any atom is -0.496 e. The molecule has 0 amide bonds. The number of carboxylic acid groups (broad SMARTS) is 1. The van der Waals surface area contributed by atoms with Crippen molar-refractivity contribution in [3.05, 3.63) is 27.7 Å². The van der Waals surface area contributed by atoms with Crippen molar-refractivity contribution in [3.8, 4) is 5.75 Å². The summed E-state index contributed by atoms with van der Waals surface area (Å²) in [5.41, 5.74) is 1.05. The first-order valence-electron chi connectivity index (χ1n) is 7.18. The molecule has 0 aliphatic carbocycles. The lowest BCUT2D eigenvalue weighted by atomic mass is 9.90. The number of hydrogen-bond donors (Lipinski definition) is 2. The van der Waals surface area contributed by atoms with Gasteiger partial charge in [-0.15, -0.1) is 0 Å². The Hall–Kier alpha value is -1.18. The molecule has 9 heteroatoms. The molecule has 1 aliphatic rings. The lowest BCUT2D eigenvalue weighted by Gasteiger charge is -2.24. The number of carbonyl (C=O) groups is 1. The second-order valence-electron chi connectivity index (χ2n) is 5.24. The summed E-state index contributed by atoms with van der Waals surface area (Å²) in [4.78, 5) is 8.90. The third kappa shape index (κ3) is 6.37. The van der Waals surface area contributed by atoms with Crippen molar-refractivity contribution in [2.75, 3.05) is 20.2 Å². The number of aliphatic carboxylic acids is 1. The summed E-state index contributed by atoms with van der Waals surface area (Å²) < 4.78 is 37.1. The van der Waals surface area contributed by atoms with Gasteiger partial charge in [-0.05, 0) is 50.4 Å². The molecule has 2 N–H and O–H groups in total. The molecule has 1 saturated heterocycles. The lowest BCUT2D eigenvalue weighted by Crippen LogP contribution is -2.28. The van der Waals surface area contributed by atoms with Crippen LogP contribution < -0.4 is 10.1 Å². The van der Waals surface area contributed by atoms with Gasteiger partial charge in [-0.25, -0.2) is 4.79 Å². The minimum absolute atomic E-state index is 0.608. The molecule has 1 aromatic carbocycles. The highest BCUT2D eigenvalue weighted by Crippen LogP contribution is 2.35. The Labute approximate surface area is 147 Å². The molecule has 0 bridgehead atoms. The molecule has 0 aromatic heterocycles. The van der Waals surface area contributed by atoms with Crippen molar-refractivity contribution >= 4 is 29.2 Å². The maximum Gasteiger partial charge on any atom is 0.490 e. The van der Waals surface area contributed by atoms with Crippen LogP contribution in [0.5, 0.6) is 5.75 Å². The summed E-state index contributed by atoms with van der Waals surface area (Å²) in [7, 11) is 1.67. The lowest BCUT2D eigenvalue weighted by molar-refractivity contribution is -0.192. The van der Waals surface area contributed by atoms with E-state index in [9.17, 15) is 13.2 Å². The average Bonchev–Trinajstić information content (AvgIpc) is 2.53. The fourth-order valence-corrected chi connectivity index (χ4v) is 2.74. The first-order valence-corrected chi connectivity index (χ1v) is 7.94. The van der Waals surface area contributed by atoms with E-state index in [2.05, 4.69) is 5.32 Å². The van der Waals surface area contributed by atoms with Crippen LogP contribution in [0.1, 0.15) is 18.4 Å². The van der Waals surface area contributed by atoms with Crippen molar-refractivity contribution in [2.45, 2.75) is 25.4 Å². The Morgan fingerprint density at radius 3 is 2.33 bits per heavy atom. The fourth-order valence-electron chi connectivity index (χ4n) is 2.33. The van der Waals surface area contributed by atoms with Crippen LogP contribution in [0.4, 0.5) is 13.2 Å². The van der Waals surface area contributed by atoms with Gasteiger partial charge in [-0.2, -0.15) is 13.2 Å². The van der Waals surface area contributed by atoms with Crippen LogP contribution >= 0.6 is 23.2 Å². The largest absolute Gasteiger partial charge is 0.496 e. The normalized spacial score (nSPS) is 15.4. The summed E-state index contributed by atoms with van der Waals surface area (Å²) in [5, 5.41) is 11.7. The van der Waals surface area contributed by atoms with Crippen molar-refractivity contribution < 1.29 is 27.8 Å². The molecule has 24 heavy (non-hydrogen) atoms. The first-order chi connectivity index (χ1) is 11.2. The van der Waals surface area contributed by atoms with Gasteiger partial charge in [0.1, 0.15) is 5.75 Å². The van der Waals surface area contributed by atoms with Gasteiger partial charge in [0, 0.05) is 5.56 Å². The summed E-state index contributed by atoms with van der Waals surface area (Å²) in [6.07, 6.45) is -1.76. The fraction of sp³-hybridized carbons (Fsp3) is 0.533. The molecular formula is C15H18Cl2F3NO3. The molecule has 1 aromatic rings. The number of hydrogen-bond acceptors (Lipinski definition) is 3. The van der Waals surface area contributed by atoms with Crippen molar-refractivity contribution in [3.63, 3.8) is 0 Å². The Kier molecular flexibility index (Phi) is 8.12.